The average Bonchev–Trinajstić information content (AvgIpc) is 2.73. The Hall–Kier alpha value is -2.30. The number of aromatic nitrogens is 2. The van der Waals surface area contributed by atoms with Gasteiger partial charge in [0, 0.05) is 0 Å². The van der Waals surface area contributed by atoms with E-state index in [-0.39, 0.29) is 0 Å². The lowest BCUT2D eigenvalue weighted by Crippen LogP contribution is -2.18. The van der Waals surface area contributed by atoms with Gasteiger partial charge in [0.05, 0.1) is 11.4 Å². The van der Waals surface area contributed by atoms with Gasteiger partial charge in [-0.1, -0.05) is 30.3 Å². The van der Waals surface area contributed by atoms with Crippen LogP contribution in [-0.2, 0) is 4.74 Å². The highest BCUT2D eigenvalue weighted by Gasteiger charge is 2.19. The summed E-state index contributed by atoms with van der Waals surface area (Å²) in [6.45, 7) is 1.85. The smallest absolute Gasteiger partial charge is 0.405 e. The Kier molecular flexibility index (Phi) is 3.09. The van der Waals surface area contributed by atoms with E-state index in [2.05, 4.69) is 10.2 Å². The molecule has 1 heterocycles. The van der Waals surface area contributed by atoms with E-state index >= 15 is 0 Å². The third-order valence-electron chi connectivity index (χ3n) is 2.34. The Bertz CT molecular complexity index is 507. The number of primary amides is 1. The van der Waals surface area contributed by atoms with Crippen molar-refractivity contribution in [3.8, 4) is 0 Å². The Balaban J connectivity index is 2.35. The molecule has 1 aromatic carbocycles. The normalized spacial score (nSPS) is 12.1. The summed E-state index contributed by atoms with van der Waals surface area (Å²) >= 11 is 0. The number of carbonyl (C=O) groups excluding carboxylic acids is 1. The molecule has 0 aliphatic rings. The molecule has 1 amide bonds. The van der Waals surface area contributed by atoms with Crippen molar-refractivity contribution in [2.75, 3.05) is 0 Å². The number of hydrogen-bond acceptors (Lipinski definition) is 3. The summed E-state index contributed by atoms with van der Waals surface area (Å²) in [7, 11) is 0. The van der Waals surface area contributed by atoms with Gasteiger partial charge in [-0.2, -0.15) is 5.10 Å². The lowest BCUT2D eigenvalue weighted by atomic mass is 10.1. The lowest BCUT2D eigenvalue weighted by molar-refractivity contribution is 0.124. The molecule has 5 heteroatoms. The number of benzene rings is 1. The number of H-pyrrole nitrogens is 1. The largest absolute Gasteiger partial charge is 0.435 e. The van der Waals surface area contributed by atoms with Crippen molar-refractivity contribution in [3.63, 3.8) is 0 Å². The second kappa shape index (κ2) is 4.69. The number of rotatable bonds is 3. The van der Waals surface area contributed by atoms with Gasteiger partial charge in [0.1, 0.15) is 0 Å². The standard InChI is InChI=1S/C12H13N3O2/c1-8-7-10(15-14-8)11(17-12(13)16)9-5-3-2-4-6-9/h2-7,11H,1H3,(H2,13,16)(H,14,15). The highest BCUT2D eigenvalue weighted by Crippen LogP contribution is 2.24. The van der Waals surface area contributed by atoms with Crippen LogP contribution in [0.25, 0.3) is 0 Å². The van der Waals surface area contributed by atoms with Crippen molar-refractivity contribution in [1.29, 1.82) is 0 Å². The fourth-order valence-corrected chi connectivity index (χ4v) is 1.63. The van der Waals surface area contributed by atoms with Crippen LogP contribution in [0.3, 0.4) is 0 Å². The fourth-order valence-electron chi connectivity index (χ4n) is 1.63. The van der Waals surface area contributed by atoms with E-state index < -0.39 is 12.2 Å². The summed E-state index contributed by atoms with van der Waals surface area (Å²) in [4.78, 5) is 10.9. The summed E-state index contributed by atoms with van der Waals surface area (Å²) in [5.41, 5.74) is 7.45. The van der Waals surface area contributed by atoms with Crippen molar-refractivity contribution in [2.45, 2.75) is 13.0 Å². The maximum Gasteiger partial charge on any atom is 0.405 e. The Morgan fingerprint density at radius 1 is 1.41 bits per heavy atom. The number of nitrogens with two attached hydrogens (primary N) is 1. The lowest BCUT2D eigenvalue weighted by Gasteiger charge is -2.15. The Morgan fingerprint density at radius 2 is 2.12 bits per heavy atom. The zero-order chi connectivity index (χ0) is 12.3. The van der Waals surface area contributed by atoms with Gasteiger partial charge in [-0.25, -0.2) is 4.79 Å². The van der Waals surface area contributed by atoms with Gasteiger partial charge in [0.2, 0.25) is 0 Å². The van der Waals surface area contributed by atoms with Crippen LogP contribution in [0.1, 0.15) is 23.1 Å². The monoisotopic (exact) mass is 231 g/mol. The molecular weight excluding hydrogens is 218 g/mol. The first-order valence-corrected chi connectivity index (χ1v) is 5.20. The number of amides is 1. The Labute approximate surface area is 98.6 Å². The molecule has 0 spiro atoms. The van der Waals surface area contributed by atoms with E-state index in [4.69, 9.17) is 10.5 Å². The minimum Gasteiger partial charge on any atom is -0.435 e. The van der Waals surface area contributed by atoms with Crippen LogP contribution in [0.5, 0.6) is 0 Å². The molecule has 88 valence electrons. The molecule has 0 aliphatic heterocycles. The fraction of sp³-hybridized carbons (Fsp3) is 0.167. The van der Waals surface area contributed by atoms with Gasteiger partial charge in [0.15, 0.2) is 6.10 Å². The highest BCUT2D eigenvalue weighted by molar-refractivity contribution is 5.65. The SMILES string of the molecule is Cc1cc(C(OC(N)=O)c2ccccc2)[nH]n1. The summed E-state index contributed by atoms with van der Waals surface area (Å²) in [5, 5.41) is 6.84. The summed E-state index contributed by atoms with van der Waals surface area (Å²) in [5.74, 6) is 0. The van der Waals surface area contributed by atoms with Crippen LogP contribution >= 0.6 is 0 Å². The summed E-state index contributed by atoms with van der Waals surface area (Å²) in [6, 6.07) is 11.2. The minimum absolute atomic E-state index is 0.546. The zero-order valence-electron chi connectivity index (χ0n) is 9.38. The van der Waals surface area contributed by atoms with Crippen molar-refractivity contribution in [1.82, 2.24) is 10.2 Å². The number of nitrogens with zero attached hydrogens (tertiary/aromatic N) is 1. The maximum absolute atomic E-state index is 10.9. The first-order chi connectivity index (χ1) is 8.16. The van der Waals surface area contributed by atoms with Crippen LogP contribution in [0.15, 0.2) is 36.4 Å². The molecule has 0 saturated carbocycles. The summed E-state index contributed by atoms with van der Waals surface area (Å²) in [6.07, 6.45) is -1.36. The molecule has 1 unspecified atom stereocenters. The van der Waals surface area contributed by atoms with Crippen molar-refractivity contribution < 1.29 is 9.53 Å². The molecule has 3 N–H and O–H groups in total. The second-order valence-corrected chi connectivity index (χ2v) is 3.69. The molecule has 0 fully saturated rings. The van der Waals surface area contributed by atoms with E-state index in [0.717, 1.165) is 11.3 Å². The van der Waals surface area contributed by atoms with Crippen molar-refractivity contribution in [2.24, 2.45) is 5.73 Å². The molecule has 2 aromatic rings. The number of hydrogen-bond donors (Lipinski definition) is 2. The molecule has 0 saturated heterocycles. The predicted octanol–water partition coefficient (Wildman–Crippen LogP) is 1.90. The van der Waals surface area contributed by atoms with E-state index in [0.29, 0.717) is 5.69 Å². The first kappa shape index (κ1) is 11.2. The van der Waals surface area contributed by atoms with Gasteiger partial charge in [-0.3, -0.25) is 5.10 Å². The van der Waals surface area contributed by atoms with Crippen LogP contribution in [0, 0.1) is 6.92 Å². The van der Waals surface area contributed by atoms with Gasteiger partial charge >= 0.3 is 6.09 Å². The van der Waals surface area contributed by atoms with Crippen LogP contribution in [0.4, 0.5) is 4.79 Å². The topological polar surface area (TPSA) is 81.0 Å². The second-order valence-electron chi connectivity index (χ2n) is 3.69. The quantitative estimate of drug-likeness (QED) is 0.846. The van der Waals surface area contributed by atoms with E-state index in [1.54, 1.807) is 0 Å². The number of nitrogens with one attached hydrogen (secondary N) is 1. The van der Waals surface area contributed by atoms with Crippen molar-refractivity contribution in [3.05, 3.63) is 53.3 Å². The third kappa shape index (κ3) is 2.63. The van der Waals surface area contributed by atoms with E-state index in [9.17, 15) is 4.79 Å². The average molecular weight is 231 g/mol. The van der Waals surface area contributed by atoms with E-state index in [1.807, 2.05) is 43.3 Å². The number of carbonyl (C=O) groups is 1. The molecule has 0 radical (unpaired) electrons. The third-order valence-corrected chi connectivity index (χ3v) is 2.34. The molecule has 1 aromatic heterocycles. The maximum atomic E-state index is 10.9. The van der Waals surface area contributed by atoms with Crippen LogP contribution in [0.2, 0.25) is 0 Å². The molecule has 17 heavy (non-hydrogen) atoms. The van der Waals surface area contributed by atoms with Crippen molar-refractivity contribution >= 4 is 6.09 Å². The predicted molar refractivity (Wildman–Crippen MR) is 62.3 cm³/mol. The summed E-state index contributed by atoms with van der Waals surface area (Å²) < 4.78 is 5.10. The number of aromatic amines is 1. The molecule has 1 atom stereocenters. The minimum atomic E-state index is -0.814. The van der Waals surface area contributed by atoms with E-state index in [1.165, 1.54) is 0 Å². The molecular formula is C12H13N3O2. The van der Waals surface area contributed by atoms with Gasteiger partial charge in [0.25, 0.3) is 0 Å². The van der Waals surface area contributed by atoms with Gasteiger partial charge in [-0.15, -0.1) is 0 Å². The number of ether oxygens (including phenoxy) is 1. The first-order valence-electron chi connectivity index (χ1n) is 5.20. The van der Waals surface area contributed by atoms with Gasteiger partial charge in [-0.05, 0) is 18.6 Å². The molecule has 2 rings (SSSR count). The number of aryl methyl sites for hydroxylation is 1. The van der Waals surface area contributed by atoms with Crippen LogP contribution in [-0.4, -0.2) is 16.3 Å². The Morgan fingerprint density at radius 3 is 2.65 bits per heavy atom. The molecule has 0 bridgehead atoms. The van der Waals surface area contributed by atoms with Gasteiger partial charge < -0.3 is 10.5 Å². The zero-order valence-corrected chi connectivity index (χ0v) is 9.38. The molecule has 5 nitrogen and oxygen atoms in total. The van der Waals surface area contributed by atoms with Crippen LogP contribution < -0.4 is 5.73 Å². The highest BCUT2D eigenvalue weighted by atomic mass is 16.6. The molecule has 0 aliphatic carbocycles.